The molecule has 0 spiro atoms. The lowest BCUT2D eigenvalue weighted by molar-refractivity contribution is 0.600. The topological polar surface area (TPSA) is 37.4 Å². The number of benzene rings is 1. The second-order valence-electron chi connectivity index (χ2n) is 4.68. The maximum atomic E-state index is 11.5. The molecule has 17 heavy (non-hydrogen) atoms. The molecular formula is C13H19NO2S. The van der Waals surface area contributed by atoms with Crippen LogP contribution in [-0.4, -0.2) is 32.5 Å². The molecule has 1 fully saturated rings. The smallest absolute Gasteiger partial charge is 0.152 e. The Morgan fingerprint density at radius 2 is 2.18 bits per heavy atom. The van der Waals surface area contributed by atoms with Crippen molar-refractivity contribution < 1.29 is 8.42 Å². The van der Waals surface area contributed by atoms with E-state index in [1.807, 2.05) is 6.07 Å². The number of rotatable bonds is 3. The minimum Gasteiger partial charge on any atom is -0.368 e. The molecule has 1 aromatic carbocycles. The molecular weight excluding hydrogens is 234 g/mol. The molecule has 0 aromatic heterocycles. The first kappa shape index (κ1) is 12.4. The van der Waals surface area contributed by atoms with Crippen molar-refractivity contribution in [1.29, 1.82) is 0 Å². The van der Waals surface area contributed by atoms with Crippen LogP contribution in [0, 0.1) is 6.92 Å². The van der Waals surface area contributed by atoms with Crippen LogP contribution in [0.2, 0.25) is 0 Å². The molecule has 0 amide bonds. The highest BCUT2D eigenvalue weighted by molar-refractivity contribution is 7.91. The SMILES string of the molecule is CCN(c1cccc(C)c1)[C@H]1CCS(=O)(=O)C1. The van der Waals surface area contributed by atoms with Gasteiger partial charge in [0.15, 0.2) is 9.84 Å². The maximum Gasteiger partial charge on any atom is 0.152 e. The lowest BCUT2D eigenvalue weighted by atomic mass is 10.1. The van der Waals surface area contributed by atoms with Gasteiger partial charge in [0.25, 0.3) is 0 Å². The van der Waals surface area contributed by atoms with Gasteiger partial charge in [-0.25, -0.2) is 8.42 Å². The van der Waals surface area contributed by atoms with Crippen molar-refractivity contribution >= 4 is 15.5 Å². The molecule has 1 aliphatic heterocycles. The molecule has 1 atom stereocenters. The van der Waals surface area contributed by atoms with Crippen LogP contribution in [0.25, 0.3) is 0 Å². The van der Waals surface area contributed by atoms with Gasteiger partial charge in [-0.05, 0) is 38.0 Å². The second-order valence-corrected chi connectivity index (χ2v) is 6.91. The molecule has 0 unspecified atom stereocenters. The van der Waals surface area contributed by atoms with Crippen molar-refractivity contribution in [2.45, 2.75) is 26.3 Å². The van der Waals surface area contributed by atoms with E-state index in [-0.39, 0.29) is 6.04 Å². The summed E-state index contributed by atoms with van der Waals surface area (Å²) in [6, 6.07) is 8.40. The van der Waals surface area contributed by atoms with Crippen LogP contribution in [0.1, 0.15) is 18.9 Å². The first-order chi connectivity index (χ1) is 8.02. The fourth-order valence-corrected chi connectivity index (χ4v) is 4.21. The van der Waals surface area contributed by atoms with Crippen LogP contribution in [-0.2, 0) is 9.84 Å². The van der Waals surface area contributed by atoms with Crippen molar-refractivity contribution in [3.63, 3.8) is 0 Å². The van der Waals surface area contributed by atoms with Crippen molar-refractivity contribution in [1.82, 2.24) is 0 Å². The van der Waals surface area contributed by atoms with Crippen LogP contribution in [0.4, 0.5) is 5.69 Å². The summed E-state index contributed by atoms with van der Waals surface area (Å²) in [6.07, 6.45) is 0.754. The lowest BCUT2D eigenvalue weighted by Crippen LogP contribution is -2.36. The molecule has 1 saturated heterocycles. The summed E-state index contributed by atoms with van der Waals surface area (Å²) < 4.78 is 23.1. The normalized spacial score (nSPS) is 22.6. The van der Waals surface area contributed by atoms with Crippen LogP contribution in [0.3, 0.4) is 0 Å². The van der Waals surface area contributed by atoms with E-state index in [0.717, 1.165) is 18.7 Å². The highest BCUT2D eigenvalue weighted by atomic mass is 32.2. The summed E-state index contributed by atoms with van der Waals surface area (Å²) in [7, 11) is -2.81. The van der Waals surface area contributed by atoms with Crippen LogP contribution >= 0.6 is 0 Å². The Labute approximate surface area is 103 Å². The van der Waals surface area contributed by atoms with Gasteiger partial charge < -0.3 is 4.90 Å². The molecule has 0 bridgehead atoms. The van der Waals surface area contributed by atoms with E-state index in [9.17, 15) is 8.42 Å². The third-order valence-electron chi connectivity index (χ3n) is 3.32. The molecule has 2 rings (SSSR count). The summed E-state index contributed by atoms with van der Waals surface area (Å²) in [6.45, 7) is 4.99. The van der Waals surface area contributed by atoms with Crippen molar-refractivity contribution in [2.24, 2.45) is 0 Å². The Bertz CT molecular complexity index is 496. The number of aryl methyl sites for hydroxylation is 1. The lowest BCUT2D eigenvalue weighted by Gasteiger charge is -2.29. The third-order valence-corrected chi connectivity index (χ3v) is 5.07. The van der Waals surface area contributed by atoms with Crippen molar-refractivity contribution in [3.8, 4) is 0 Å². The molecule has 3 nitrogen and oxygen atoms in total. The number of hydrogen-bond donors (Lipinski definition) is 0. The van der Waals surface area contributed by atoms with Gasteiger partial charge in [0, 0.05) is 18.3 Å². The fraction of sp³-hybridized carbons (Fsp3) is 0.538. The predicted octanol–water partition coefficient (Wildman–Crippen LogP) is 2.01. The zero-order valence-electron chi connectivity index (χ0n) is 10.4. The number of anilines is 1. The highest BCUT2D eigenvalue weighted by Gasteiger charge is 2.31. The van der Waals surface area contributed by atoms with Crippen LogP contribution < -0.4 is 4.90 Å². The van der Waals surface area contributed by atoms with Gasteiger partial charge in [-0.15, -0.1) is 0 Å². The highest BCUT2D eigenvalue weighted by Crippen LogP contribution is 2.24. The zero-order chi connectivity index (χ0) is 12.5. The quantitative estimate of drug-likeness (QED) is 0.827. The van der Waals surface area contributed by atoms with Gasteiger partial charge in [0.1, 0.15) is 0 Å². The molecule has 0 N–H and O–H groups in total. The summed E-state index contributed by atoms with van der Waals surface area (Å²) >= 11 is 0. The Hall–Kier alpha value is -1.03. The summed E-state index contributed by atoms with van der Waals surface area (Å²) in [5.74, 6) is 0.634. The number of sulfone groups is 1. The van der Waals surface area contributed by atoms with Crippen LogP contribution in [0.5, 0.6) is 0 Å². The molecule has 0 radical (unpaired) electrons. The van der Waals surface area contributed by atoms with E-state index in [0.29, 0.717) is 11.5 Å². The molecule has 4 heteroatoms. The number of nitrogens with zero attached hydrogens (tertiary/aromatic N) is 1. The van der Waals surface area contributed by atoms with Gasteiger partial charge in [0.2, 0.25) is 0 Å². The average molecular weight is 253 g/mol. The van der Waals surface area contributed by atoms with Crippen LogP contribution in [0.15, 0.2) is 24.3 Å². The Balaban J connectivity index is 2.23. The third kappa shape index (κ3) is 2.80. The molecule has 1 aromatic rings. The first-order valence-corrected chi connectivity index (χ1v) is 7.88. The van der Waals surface area contributed by atoms with Gasteiger partial charge in [-0.3, -0.25) is 0 Å². The van der Waals surface area contributed by atoms with E-state index in [2.05, 4.69) is 36.9 Å². The van der Waals surface area contributed by atoms with E-state index >= 15 is 0 Å². The zero-order valence-corrected chi connectivity index (χ0v) is 11.2. The maximum absolute atomic E-state index is 11.5. The molecule has 0 saturated carbocycles. The molecule has 94 valence electrons. The van der Waals surface area contributed by atoms with E-state index in [4.69, 9.17) is 0 Å². The monoisotopic (exact) mass is 253 g/mol. The summed E-state index contributed by atoms with van der Waals surface area (Å²) in [5.41, 5.74) is 2.34. The second kappa shape index (κ2) is 4.69. The molecule has 1 aliphatic rings. The summed E-state index contributed by atoms with van der Waals surface area (Å²) in [4.78, 5) is 2.21. The van der Waals surface area contributed by atoms with Crippen molar-refractivity contribution in [2.75, 3.05) is 23.0 Å². The molecule has 0 aliphatic carbocycles. The minimum absolute atomic E-state index is 0.145. The Morgan fingerprint density at radius 1 is 1.41 bits per heavy atom. The summed E-state index contributed by atoms with van der Waals surface area (Å²) in [5, 5.41) is 0. The van der Waals surface area contributed by atoms with Gasteiger partial charge in [-0.1, -0.05) is 12.1 Å². The first-order valence-electron chi connectivity index (χ1n) is 6.05. The van der Waals surface area contributed by atoms with E-state index in [1.54, 1.807) is 0 Å². The van der Waals surface area contributed by atoms with Gasteiger partial charge in [0.05, 0.1) is 11.5 Å². The average Bonchev–Trinajstić information content (AvgIpc) is 2.60. The van der Waals surface area contributed by atoms with Crippen molar-refractivity contribution in [3.05, 3.63) is 29.8 Å². The fourth-order valence-electron chi connectivity index (χ4n) is 2.48. The number of hydrogen-bond acceptors (Lipinski definition) is 3. The predicted molar refractivity (Wildman–Crippen MR) is 71.3 cm³/mol. The van der Waals surface area contributed by atoms with Gasteiger partial charge >= 0.3 is 0 Å². The van der Waals surface area contributed by atoms with E-state index < -0.39 is 9.84 Å². The standard InChI is InChI=1S/C13H19NO2S/c1-3-14(12-6-4-5-11(2)9-12)13-7-8-17(15,16)10-13/h4-6,9,13H,3,7-8,10H2,1-2H3/t13-/m0/s1. The molecule has 1 heterocycles. The minimum atomic E-state index is -2.81. The Morgan fingerprint density at radius 3 is 2.71 bits per heavy atom. The van der Waals surface area contributed by atoms with E-state index in [1.165, 1.54) is 5.56 Å². The van der Waals surface area contributed by atoms with Gasteiger partial charge in [-0.2, -0.15) is 0 Å². The largest absolute Gasteiger partial charge is 0.368 e. The Kier molecular flexibility index (Phi) is 3.43.